The van der Waals surface area contributed by atoms with E-state index in [0.717, 1.165) is 5.56 Å². The van der Waals surface area contributed by atoms with Gasteiger partial charge in [0.25, 0.3) is 11.5 Å². The van der Waals surface area contributed by atoms with E-state index in [9.17, 15) is 9.59 Å². The summed E-state index contributed by atoms with van der Waals surface area (Å²) < 4.78 is 1.19. The smallest absolute Gasteiger partial charge is 0.276 e. The lowest BCUT2D eigenvalue weighted by atomic mass is 10.1. The molecule has 0 amide bonds. The Labute approximate surface area is 97.9 Å². The lowest BCUT2D eigenvalue weighted by Crippen LogP contribution is -2.19. The highest BCUT2D eigenvalue weighted by Gasteiger charge is 2.13. The summed E-state index contributed by atoms with van der Waals surface area (Å²) in [6, 6.07) is 8.49. The van der Waals surface area contributed by atoms with Gasteiger partial charge in [0.15, 0.2) is 0 Å². The summed E-state index contributed by atoms with van der Waals surface area (Å²) in [7, 11) is 0. The van der Waals surface area contributed by atoms with Gasteiger partial charge in [0, 0.05) is 18.2 Å². The molecular weight excluding hydrogens is 218 g/mol. The van der Waals surface area contributed by atoms with Crippen LogP contribution >= 0.6 is 0 Å². The van der Waals surface area contributed by atoms with Gasteiger partial charge >= 0.3 is 0 Å². The van der Waals surface area contributed by atoms with Crippen LogP contribution in [0.25, 0.3) is 0 Å². The molecule has 5 nitrogen and oxygen atoms in total. The number of hydrogen-bond acceptors (Lipinski definition) is 3. The van der Waals surface area contributed by atoms with Crippen molar-refractivity contribution >= 4 is 5.91 Å². The number of carbonyl (C=O) groups excluding carboxylic acids is 1. The van der Waals surface area contributed by atoms with Gasteiger partial charge in [0.2, 0.25) is 0 Å². The highest BCUT2D eigenvalue weighted by Crippen LogP contribution is 2.07. The number of hydrogen-bond donors (Lipinski definition) is 2. The Morgan fingerprint density at radius 3 is 2.82 bits per heavy atom. The van der Waals surface area contributed by atoms with Crippen LogP contribution in [0, 0.1) is 6.92 Å². The summed E-state index contributed by atoms with van der Waals surface area (Å²) in [4.78, 5) is 23.3. The maximum atomic E-state index is 12.1. The number of nitrogens with two attached hydrogens (primary N) is 1. The topological polar surface area (TPSA) is 80.9 Å². The first-order valence-electron chi connectivity index (χ1n) is 5.24. The molecule has 1 aromatic heterocycles. The molecule has 0 spiro atoms. The van der Waals surface area contributed by atoms with Gasteiger partial charge in [0.05, 0.1) is 5.69 Å². The van der Waals surface area contributed by atoms with Crippen molar-refractivity contribution in [1.29, 1.82) is 0 Å². The van der Waals surface area contributed by atoms with E-state index in [4.69, 9.17) is 5.73 Å². The first kappa shape index (κ1) is 11.3. The average Bonchev–Trinajstić information content (AvgIpc) is 2.69. The van der Waals surface area contributed by atoms with E-state index < -0.39 is 0 Å². The van der Waals surface area contributed by atoms with Gasteiger partial charge in [-0.2, -0.15) is 0 Å². The highest BCUT2D eigenvalue weighted by atomic mass is 16.2. The maximum absolute atomic E-state index is 12.1. The van der Waals surface area contributed by atoms with Crippen molar-refractivity contribution in [2.45, 2.75) is 13.5 Å². The molecule has 0 unspecified atom stereocenters. The number of rotatable bonds is 2. The van der Waals surface area contributed by atoms with Gasteiger partial charge in [-0.1, -0.05) is 17.7 Å². The monoisotopic (exact) mass is 231 g/mol. The zero-order valence-corrected chi connectivity index (χ0v) is 9.43. The second kappa shape index (κ2) is 4.39. The summed E-state index contributed by atoms with van der Waals surface area (Å²) in [5.41, 5.74) is 7.13. The van der Waals surface area contributed by atoms with Crippen molar-refractivity contribution < 1.29 is 4.79 Å². The van der Waals surface area contributed by atoms with E-state index in [1.165, 1.54) is 10.7 Å². The van der Waals surface area contributed by atoms with Crippen molar-refractivity contribution in [2.75, 3.05) is 0 Å². The molecule has 0 aliphatic heterocycles. The van der Waals surface area contributed by atoms with Gasteiger partial charge < -0.3 is 5.73 Å². The number of carbonyl (C=O) groups is 1. The molecular formula is C12H13N3O2. The van der Waals surface area contributed by atoms with Gasteiger partial charge in [-0.15, -0.1) is 0 Å². The van der Waals surface area contributed by atoms with Crippen molar-refractivity contribution in [3.8, 4) is 0 Å². The van der Waals surface area contributed by atoms with E-state index in [1.807, 2.05) is 13.0 Å². The third kappa shape index (κ3) is 2.19. The van der Waals surface area contributed by atoms with E-state index in [-0.39, 0.29) is 18.0 Å². The van der Waals surface area contributed by atoms with E-state index in [0.29, 0.717) is 11.3 Å². The molecule has 1 heterocycles. The van der Waals surface area contributed by atoms with Crippen LogP contribution in [-0.2, 0) is 6.54 Å². The quantitative estimate of drug-likeness (QED) is 0.795. The third-order valence-electron chi connectivity index (χ3n) is 2.48. The van der Waals surface area contributed by atoms with Crippen molar-refractivity contribution in [2.24, 2.45) is 5.73 Å². The molecule has 0 saturated carbocycles. The molecule has 0 fully saturated rings. The lowest BCUT2D eigenvalue weighted by Gasteiger charge is -2.05. The Morgan fingerprint density at radius 1 is 1.41 bits per heavy atom. The first-order chi connectivity index (χ1) is 8.11. The highest BCUT2D eigenvalue weighted by molar-refractivity contribution is 5.95. The normalized spacial score (nSPS) is 10.5. The fourth-order valence-electron chi connectivity index (χ4n) is 1.67. The van der Waals surface area contributed by atoms with E-state index in [2.05, 4.69) is 5.10 Å². The van der Waals surface area contributed by atoms with Crippen LogP contribution in [0.1, 0.15) is 21.6 Å². The molecule has 5 heteroatoms. The van der Waals surface area contributed by atoms with E-state index >= 15 is 0 Å². The number of aromatic amines is 1. The molecule has 0 radical (unpaired) electrons. The van der Waals surface area contributed by atoms with Crippen LogP contribution in [0.5, 0.6) is 0 Å². The number of H-pyrrole nitrogens is 1. The van der Waals surface area contributed by atoms with Crippen molar-refractivity contribution in [1.82, 2.24) is 9.78 Å². The van der Waals surface area contributed by atoms with Crippen LogP contribution in [-0.4, -0.2) is 15.7 Å². The molecule has 17 heavy (non-hydrogen) atoms. The molecule has 0 saturated heterocycles. The molecule has 2 rings (SSSR count). The Balaban J connectivity index is 2.47. The Hall–Kier alpha value is -2.14. The summed E-state index contributed by atoms with van der Waals surface area (Å²) in [6.45, 7) is 2.04. The minimum Gasteiger partial charge on any atom is -0.325 e. The zero-order chi connectivity index (χ0) is 12.4. The third-order valence-corrected chi connectivity index (χ3v) is 2.48. The average molecular weight is 231 g/mol. The van der Waals surface area contributed by atoms with Gasteiger partial charge in [-0.05, 0) is 19.1 Å². The number of nitrogens with one attached hydrogen (secondary N) is 1. The minimum atomic E-state index is -0.327. The standard InChI is InChI=1S/C12H13N3O2/c1-8-3-2-4-9(5-8)12(17)15-10(7-13)6-11(16)14-15/h2-6H,7,13H2,1H3,(H,14,16). The first-order valence-corrected chi connectivity index (χ1v) is 5.24. The van der Waals surface area contributed by atoms with Gasteiger partial charge in [-0.3, -0.25) is 14.7 Å². The molecule has 0 bridgehead atoms. The molecule has 1 aromatic carbocycles. The zero-order valence-electron chi connectivity index (χ0n) is 9.43. The minimum absolute atomic E-state index is 0.135. The molecule has 0 atom stereocenters. The molecule has 2 aromatic rings. The summed E-state index contributed by atoms with van der Waals surface area (Å²) >= 11 is 0. The Morgan fingerprint density at radius 2 is 2.18 bits per heavy atom. The second-order valence-electron chi connectivity index (χ2n) is 3.83. The number of aromatic nitrogens is 2. The number of aryl methyl sites for hydroxylation is 1. The fourth-order valence-corrected chi connectivity index (χ4v) is 1.67. The summed E-state index contributed by atoms with van der Waals surface area (Å²) in [6.07, 6.45) is 0. The van der Waals surface area contributed by atoms with Gasteiger partial charge in [-0.25, -0.2) is 4.68 Å². The fraction of sp³-hybridized carbons (Fsp3) is 0.167. The van der Waals surface area contributed by atoms with Gasteiger partial charge in [0.1, 0.15) is 0 Å². The van der Waals surface area contributed by atoms with Crippen LogP contribution in [0.4, 0.5) is 0 Å². The SMILES string of the molecule is Cc1cccc(C(=O)n2[nH]c(=O)cc2CN)c1. The van der Waals surface area contributed by atoms with Crippen molar-refractivity contribution in [3.63, 3.8) is 0 Å². The molecule has 88 valence electrons. The Kier molecular flexibility index (Phi) is 2.93. The number of benzene rings is 1. The van der Waals surface area contributed by atoms with Crippen molar-refractivity contribution in [3.05, 3.63) is 57.5 Å². The Bertz CT molecular complexity index is 610. The van der Waals surface area contributed by atoms with Crippen LogP contribution in [0.3, 0.4) is 0 Å². The maximum Gasteiger partial charge on any atom is 0.276 e. The van der Waals surface area contributed by atoms with Crippen LogP contribution < -0.4 is 11.3 Å². The molecule has 0 aliphatic carbocycles. The summed E-state index contributed by atoms with van der Waals surface area (Å²) in [5, 5.41) is 2.44. The molecule has 0 aliphatic rings. The van der Waals surface area contributed by atoms with E-state index in [1.54, 1.807) is 18.2 Å². The second-order valence-corrected chi connectivity index (χ2v) is 3.83. The summed E-state index contributed by atoms with van der Waals surface area (Å²) in [5.74, 6) is -0.281. The predicted molar refractivity (Wildman–Crippen MR) is 63.9 cm³/mol. The van der Waals surface area contributed by atoms with Crippen LogP contribution in [0.15, 0.2) is 35.1 Å². The predicted octanol–water partition coefficient (Wildman–Crippen LogP) is 0.632. The largest absolute Gasteiger partial charge is 0.325 e. The molecule has 3 N–H and O–H groups in total. The van der Waals surface area contributed by atoms with Crippen LogP contribution in [0.2, 0.25) is 0 Å². The number of nitrogens with zero attached hydrogens (tertiary/aromatic N) is 1. The lowest BCUT2D eigenvalue weighted by molar-refractivity contribution is 0.0941.